The molecule has 1 N–H and O–H groups in total. The highest BCUT2D eigenvalue weighted by Crippen LogP contribution is 2.50. The van der Waals surface area contributed by atoms with Crippen molar-refractivity contribution in [2.75, 3.05) is 39.9 Å². The fourth-order valence-electron chi connectivity index (χ4n) is 4.40. The van der Waals surface area contributed by atoms with Crippen LogP contribution in [0.4, 0.5) is 5.69 Å². The quantitative estimate of drug-likeness (QED) is 0.288. The van der Waals surface area contributed by atoms with Crippen molar-refractivity contribution < 1.29 is 33.6 Å². The Labute approximate surface area is 215 Å². The minimum Gasteiger partial charge on any atom is -0.493 e. The molecule has 2 aromatic carbocycles. The zero-order chi connectivity index (χ0) is 26.5. The molecule has 1 amide bonds. The summed E-state index contributed by atoms with van der Waals surface area (Å²) < 4.78 is 29.5. The molecule has 1 fully saturated rings. The van der Waals surface area contributed by atoms with Gasteiger partial charge in [0.25, 0.3) is 5.91 Å². The lowest BCUT2D eigenvalue weighted by molar-refractivity contribution is -0.129. The zero-order valence-electron chi connectivity index (χ0n) is 21.6. The van der Waals surface area contributed by atoms with E-state index < -0.39 is 12.1 Å². The van der Waals surface area contributed by atoms with Gasteiger partial charge < -0.3 is 28.8 Å². The molecule has 0 aliphatic carbocycles. The van der Waals surface area contributed by atoms with Gasteiger partial charge in [-0.15, -0.1) is 5.10 Å². The summed E-state index contributed by atoms with van der Waals surface area (Å²) in [4.78, 5) is 15.3. The number of anilines is 1. The van der Waals surface area contributed by atoms with Crippen molar-refractivity contribution in [3.63, 3.8) is 0 Å². The van der Waals surface area contributed by atoms with E-state index in [2.05, 4.69) is 17.2 Å². The van der Waals surface area contributed by atoms with Crippen LogP contribution in [0.25, 0.3) is 0 Å². The van der Waals surface area contributed by atoms with Crippen LogP contribution in [-0.4, -0.2) is 61.1 Å². The number of hydrogen-bond acceptors (Lipinski definition) is 9. The average Bonchev–Trinajstić information content (AvgIpc) is 3.39. The molecule has 11 nitrogen and oxygen atoms in total. The Morgan fingerprint density at radius 2 is 1.62 bits per heavy atom. The number of amides is 1. The summed E-state index contributed by atoms with van der Waals surface area (Å²) in [6.45, 7) is 2.36. The molecule has 3 aromatic rings. The molecule has 0 saturated carbocycles. The van der Waals surface area contributed by atoms with Crippen LogP contribution >= 0.6 is 0 Å². The minimum absolute atomic E-state index is 0.210. The predicted molar refractivity (Wildman–Crippen MR) is 135 cm³/mol. The van der Waals surface area contributed by atoms with E-state index in [-0.39, 0.29) is 12.5 Å². The Kier molecular flexibility index (Phi) is 8.02. The number of aliphatic hydroxyl groups is 1. The molecule has 2 heterocycles. The van der Waals surface area contributed by atoms with Crippen molar-refractivity contribution in [1.82, 2.24) is 15.0 Å². The predicted octanol–water partition coefficient (Wildman–Crippen LogP) is 3.31. The molecule has 4 rings (SSSR count). The molecule has 1 aliphatic heterocycles. The van der Waals surface area contributed by atoms with Gasteiger partial charge in [-0.25, -0.2) is 4.68 Å². The fourth-order valence-corrected chi connectivity index (χ4v) is 4.40. The first-order valence-corrected chi connectivity index (χ1v) is 12.0. The number of β-lactam (4-membered cyclic amide) rings is 1. The Morgan fingerprint density at radius 1 is 0.919 bits per heavy atom. The molecule has 0 radical (unpaired) electrons. The van der Waals surface area contributed by atoms with Gasteiger partial charge in [0, 0.05) is 12.1 Å². The number of aliphatic hydroxyl groups excluding tert-OH is 1. The minimum atomic E-state index is -0.691. The summed E-state index contributed by atoms with van der Waals surface area (Å²) in [6, 6.07) is 7.89. The van der Waals surface area contributed by atoms with Crippen molar-refractivity contribution >= 4 is 11.6 Å². The topological polar surface area (TPSA) is 117 Å². The molecular formula is C26H32N4O7. The van der Waals surface area contributed by atoms with Gasteiger partial charge in [0.2, 0.25) is 5.75 Å². The van der Waals surface area contributed by atoms with Gasteiger partial charge in [-0.05, 0) is 24.1 Å². The molecule has 198 valence electrons. The number of benzene rings is 2. The Morgan fingerprint density at radius 3 is 2.19 bits per heavy atom. The van der Waals surface area contributed by atoms with E-state index in [1.165, 1.54) is 26.0 Å². The van der Waals surface area contributed by atoms with E-state index in [9.17, 15) is 9.90 Å². The number of hydrogen-bond donors (Lipinski definition) is 1. The number of nitrogens with zero attached hydrogens (tertiary/aromatic N) is 4. The Balaban J connectivity index is 1.81. The molecule has 37 heavy (non-hydrogen) atoms. The SMILES string of the molecule is CCCCOc1cc([C@H]2[C@H](n3cc(CO)nn3)C(=O)N2c2cc(OC)c(OC)c(OC)c2)ccc1OC. The number of methoxy groups -OCH3 is 4. The van der Waals surface area contributed by atoms with E-state index in [0.29, 0.717) is 46.7 Å². The monoisotopic (exact) mass is 512 g/mol. The second-order valence-corrected chi connectivity index (χ2v) is 8.44. The molecule has 0 bridgehead atoms. The standard InChI is InChI=1S/C26H32N4O7/c1-6-7-10-37-20-11-16(8-9-19(20)33-2)23-24(29-14-17(15-31)27-28-29)26(32)30(23)18-12-21(34-3)25(36-5)22(13-18)35-4/h8-9,11-14,23-24,31H,6-7,10,15H2,1-5H3/t23-,24-/m0/s1. The normalized spacial score (nSPS) is 16.8. The summed E-state index contributed by atoms with van der Waals surface area (Å²) in [6.07, 6.45) is 3.47. The summed E-state index contributed by atoms with van der Waals surface area (Å²) in [5.74, 6) is 2.25. The Hall–Kier alpha value is -3.99. The molecule has 1 aromatic heterocycles. The summed E-state index contributed by atoms with van der Waals surface area (Å²) in [5.41, 5.74) is 1.75. The van der Waals surface area contributed by atoms with Crippen LogP contribution in [0.3, 0.4) is 0 Å². The highest BCUT2D eigenvalue weighted by molar-refractivity contribution is 6.05. The van der Waals surface area contributed by atoms with Gasteiger partial charge in [-0.3, -0.25) is 9.69 Å². The first-order chi connectivity index (χ1) is 18.0. The number of carbonyl (C=O) groups is 1. The Bertz CT molecular complexity index is 1220. The van der Waals surface area contributed by atoms with Crippen LogP contribution in [0.5, 0.6) is 28.7 Å². The van der Waals surface area contributed by atoms with Gasteiger partial charge in [-0.1, -0.05) is 24.6 Å². The second-order valence-electron chi connectivity index (χ2n) is 8.44. The van der Waals surface area contributed by atoms with E-state index in [1.807, 2.05) is 18.2 Å². The van der Waals surface area contributed by atoms with E-state index in [1.54, 1.807) is 30.3 Å². The van der Waals surface area contributed by atoms with Gasteiger partial charge in [-0.2, -0.15) is 0 Å². The van der Waals surface area contributed by atoms with Crippen LogP contribution in [-0.2, 0) is 11.4 Å². The molecular weight excluding hydrogens is 480 g/mol. The van der Waals surface area contributed by atoms with Crippen LogP contribution < -0.4 is 28.6 Å². The van der Waals surface area contributed by atoms with Gasteiger partial charge in [0.05, 0.1) is 59.6 Å². The molecule has 0 unspecified atom stereocenters. The van der Waals surface area contributed by atoms with E-state index >= 15 is 0 Å². The smallest absolute Gasteiger partial charge is 0.255 e. The first-order valence-electron chi connectivity index (χ1n) is 12.0. The van der Waals surface area contributed by atoms with Crippen molar-refractivity contribution in [2.45, 2.75) is 38.5 Å². The summed E-state index contributed by atoms with van der Waals surface area (Å²) in [5, 5.41) is 17.6. The maximum atomic E-state index is 13.6. The lowest BCUT2D eigenvalue weighted by atomic mass is 9.87. The first kappa shape index (κ1) is 26.1. The van der Waals surface area contributed by atoms with Crippen LogP contribution in [0.2, 0.25) is 0 Å². The van der Waals surface area contributed by atoms with Crippen LogP contribution in [0.1, 0.15) is 43.1 Å². The number of rotatable bonds is 12. The van der Waals surface area contributed by atoms with E-state index in [4.69, 9.17) is 23.7 Å². The third-order valence-corrected chi connectivity index (χ3v) is 6.28. The number of aromatic nitrogens is 3. The van der Waals surface area contributed by atoms with Crippen molar-refractivity contribution in [2.24, 2.45) is 0 Å². The third kappa shape index (κ3) is 4.86. The van der Waals surface area contributed by atoms with E-state index in [0.717, 1.165) is 18.4 Å². The lowest BCUT2D eigenvalue weighted by Gasteiger charge is -2.47. The van der Waals surface area contributed by atoms with Gasteiger partial charge in [0.15, 0.2) is 29.0 Å². The second kappa shape index (κ2) is 11.4. The maximum absolute atomic E-state index is 13.6. The average molecular weight is 513 g/mol. The molecule has 1 saturated heterocycles. The van der Waals surface area contributed by atoms with Crippen molar-refractivity contribution in [3.8, 4) is 28.7 Å². The largest absolute Gasteiger partial charge is 0.493 e. The lowest BCUT2D eigenvalue weighted by Crippen LogP contribution is -2.56. The maximum Gasteiger partial charge on any atom is 0.255 e. The van der Waals surface area contributed by atoms with Crippen molar-refractivity contribution in [1.29, 1.82) is 0 Å². The van der Waals surface area contributed by atoms with Crippen molar-refractivity contribution in [3.05, 3.63) is 47.8 Å². The molecule has 2 atom stereocenters. The highest BCUT2D eigenvalue weighted by atomic mass is 16.5. The summed E-state index contributed by atoms with van der Waals surface area (Å²) in [7, 11) is 6.16. The number of ether oxygens (including phenoxy) is 5. The molecule has 11 heteroatoms. The van der Waals surface area contributed by atoms with Crippen LogP contribution in [0.15, 0.2) is 36.5 Å². The zero-order valence-corrected chi connectivity index (χ0v) is 21.6. The summed E-state index contributed by atoms with van der Waals surface area (Å²) >= 11 is 0. The van der Waals surface area contributed by atoms with Gasteiger partial charge in [0.1, 0.15) is 5.69 Å². The molecule has 1 aliphatic rings. The van der Waals surface area contributed by atoms with Crippen LogP contribution in [0, 0.1) is 0 Å². The third-order valence-electron chi connectivity index (χ3n) is 6.28. The number of unbranched alkanes of at least 4 members (excludes halogenated alkanes) is 1. The molecule has 0 spiro atoms. The number of carbonyl (C=O) groups excluding carboxylic acids is 1. The van der Waals surface area contributed by atoms with Gasteiger partial charge >= 0.3 is 0 Å². The highest BCUT2D eigenvalue weighted by Gasteiger charge is 2.51. The fraction of sp³-hybridized carbons (Fsp3) is 0.423.